The molecule has 2 rings (SSSR count). The molecule has 0 radical (unpaired) electrons. The molecule has 17 heavy (non-hydrogen) atoms. The second-order valence-corrected chi connectivity index (χ2v) is 4.69. The van der Waals surface area contributed by atoms with Crippen molar-refractivity contribution in [2.75, 3.05) is 18.5 Å². The number of nitrogens with two attached hydrogens (primary N) is 1. The predicted molar refractivity (Wildman–Crippen MR) is 67.3 cm³/mol. The Labute approximate surface area is 101 Å². The first kappa shape index (κ1) is 11.9. The number of anilines is 1. The highest BCUT2D eigenvalue weighted by Crippen LogP contribution is 2.28. The third kappa shape index (κ3) is 2.74. The van der Waals surface area contributed by atoms with E-state index in [-0.39, 0.29) is 11.9 Å². The molecule has 0 saturated heterocycles. The quantitative estimate of drug-likeness (QED) is 0.525. The number of pyridine rings is 1. The summed E-state index contributed by atoms with van der Waals surface area (Å²) in [7, 11) is 1.97. The number of hydrogen-bond acceptors (Lipinski definition) is 4. The van der Waals surface area contributed by atoms with E-state index in [1.165, 1.54) is 0 Å². The second-order valence-electron chi connectivity index (χ2n) is 4.69. The Balaban J connectivity index is 2.00. The maximum atomic E-state index is 9.24. The van der Waals surface area contributed by atoms with Gasteiger partial charge in [-0.3, -0.25) is 5.41 Å². The fourth-order valence-electron chi connectivity index (χ4n) is 2.13. The Bertz CT molecular complexity index is 415. The van der Waals surface area contributed by atoms with Crippen molar-refractivity contribution < 1.29 is 5.11 Å². The number of aromatic nitrogens is 1. The zero-order valence-electron chi connectivity index (χ0n) is 9.93. The highest BCUT2D eigenvalue weighted by atomic mass is 16.3. The van der Waals surface area contributed by atoms with Crippen LogP contribution in [0.25, 0.3) is 0 Å². The molecule has 4 N–H and O–H groups in total. The molecule has 92 valence electrons. The molecule has 0 bridgehead atoms. The van der Waals surface area contributed by atoms with Gasteiger partial charge in [-0.1, -0.05) is 0 Å². The van der Waals surface area contributed by atoms with E-state index in [4.69, 9.17) is 11.1 Å². The monoisotopic (exact) mass is 234 g/mol. The first-order valence-corrected chi connectivity index (χ1v) is 5.76. The van der Waals surface area contributed by atoms with Crippen LogP contribution in [0.15, 0.2) is 18.3 Å². The standard InChI is InChI=1S/C12H18N4O/c1-16(7-8-4-10(17)5-8)11-6-9(12(13)14)2-3-15-11/h2-3,6,8,10,17H,4-5,7H2,1H3,(H3,13,14). The van der Waals surface area contributed by atoms with Gasteiger partial charge in [0.2, 0.25) is 0 Å². The normalized spacial score (nSPS) is 22.9. The van der Waals surface area contributed by atoms with Gasteiger partial charge < -0.3 is 15.7 Å². The molecule has 1 aliphatic rings. The van der Waals surface area contributed by atoms with E-state index in [1.54, 1.807) is 12.3 Å². The van der Waals surface area contributed by atoms with Gasteiger partial charge >= 0.3 is 0 Å². The summed E-state index contributed by atoms with van der Waals surface area (Å²) < 4.78 is 0. The van der Waals surface area contributed by atoms with Gasteiger partial charge in [0, 0.05) is 25.4 Å². The molecule has 0 aromatic carbocycles. The summed E-state index contributed by atoms with van der Waals surface area (Å²) in [6.07, 6.45) is 3.29. The number of aliphatic hydroxyl groups excluding tert-OH is 1. The van der Waals surface area contributed by atoms with Crippen molar-refractivity contribution >= 4 is 11.7 Å². The zero-order chi connectivity index (χ0) is 12.4. The molecule has 5 heteroatoms. The minimum Gasteiger partial charge on any atom is -0.393 e. The third-order valence-electron chi connectivity index (χ3n) is 3.19. The van der Waals surface area contributed by atoms with E-state index in [9.17, 15) is 5.11 Å². The largest absolute Gasteiger partial charge is 0.393 e. The van der Waals surface area contributed by atoms with Gasteiger partial charge in [0.05, 0.1) is 6.10 Å². The van der Waals surface area contributed by atoms with E-state index in [2.05, 4.69) is 4.98 Å². The van der Waals surface area contributed by atoms with Crippen LogP contribution >= 0.6 is 0 Å². The average molecular weight is 234 g/mol. The lowest BCUT2D eigenvalue weighted by molar-refractivity contribution is 0.0464. The Morgan fingerprint density at radius 1 is 1.65 bits per heavy atom. The average Bonchev–Trinajstić information content (AvgIpc) is 2.27. The number of rotatable bonds is 4. The molecule has 0 unspecified atom stereocenters. The second kappa shape index (κ2) is 4.71. The summed E-state index contributed by atoms with van der Waals surface area (Å²) in [4.78, 5) is 6.31. The van der Waals surface area contributed by atoms with E-state index in [1.807, 2.05) is 18.0 Å². The van der Waals surface area contributed by atoms with E-state index in [0.29, 0.717) is 11.5 Å². The van der Waals surface area contributed by atoms with Crippen LogP contribution in [-0.2, 0) is 0 Å². The predicted octanol–water partition coefficient (Wildman–Crippen LogP) is 0.573. The van der Waals surface area contributed by atoms with Gasteiger partial charge in [-0.2, -0.15) is 0 Å². The summed E-state index contributed by atoms with van der Waals surface area (Å²) in [6, 6.07) is 3.55. The summed E-state index contributed by atoms with van der Waals surface area (Å²) in [5.74, 6) is 1.41. The molecule has 0 atom stereocenters. The van der Waals surface area contributed by atoms with Gasteiger partial charge in [-0.25, -0.2) is 4.98 Å². The van der Waals surface area contributed by atoms with Crippen molar-refractivity contribution in [2.45, 2.75) is 18.9 Å². The van der Waals surface area contributed by atoms with Crippen molar-refractivity contribution in [1.82, 2.24) is 4.98 Å². The number of hydrogen-bond donors (Lipinski definition) is 3. The Morgan fingerprint density at radius 2 is 2.35 bits per heavy atom. The lowest BCUT2D eigenvalue weighted by Gasteiger charge is -2.34. The lowest BCUT2D eigenvalue weighted by atomic mass is 9.82. The molecule has 1 aromatic heterocycles. The van der Waals surface area contributed by atoms with Crippen molar-refractivity contribution in [3.8, 4) is 0 Å². The van der Waals surface area contributed by atoms with Crippen LogP contribution in [0.1, 0.15) is 18.4 Å². The minimum absolute atomic E-state index is 0.0566. The number of nitrogens with one attached hydrogen (secondary N) is 1. The topological polar surface area (TPSA) is 86.2 Å². The van der Waals surface area contributed by atoms with Crippen molar-refractivity contribution in [1.29, 1.82) is 5.41 Å². The molecule has 1 saturated carbocycles. The number of amidine groups is 1. The molecule has 5 nitrogen and oxygen atoms in total. The van der Waals surface area contributed by atoms with Crippen molar-refractivity contribution in [3.05, 3.63) is 23.9 Å². The minimum atomic E-state index is -0.120. The van der Waals surface area contributed by atoms with Gasteiger partial charge in [0.15, 0.2) is 0 Å². The molecule has 0 aliphatic heterocycles. The van der Waals surface area contributed by atoms with E-state index in [0.717, 1.165) is 25.2 Å². The van der Waals surface area contributed by atoms with Crippen LogP contribution in [-0.4, -0.2) is 35.6 Å². The van der Waals surface area contributed by atoms with Gasteiger partial charge in [0.1, 0.15) is 11.7 Å². The van der Waals surface area contributed by atoms with Crippen LogP contribution in [0.4, 0.5) is 5.82 Å². The van der Waals surface area contributed by atoms with Crippen LogP contribution in [0.5, 0.6) is 0 Å². The third-order valence-corrected chi connectivity index (χ3v) is 3.19. The summed E-state index contributed by atoms with van der Waals surface area (Å²) >= 11 is 0. The smallest absolute Gasteiger partial charge is 0.128 e. The zero-order valence-corrected chi connectivity index (χ0v) is 9.93. The SMILES string of the molecule is CN(CC1CC(O)C1)c1cc(C(=N)N)ccn1. The Hall–Kier alpha value is -1.62. The van der Waals surface area contributed by atoms with Crippen LogP contribution in [0.3, 0.4) is 0 Å². The Kier molecular flexibility index (Phi) is 3.28. The maximum Gasteiger partial charge on any atom is 0.128 e. The molecule has 1 aliphatic carbocycles. The molecule has 0 amide bonds. The van der Waals surface area contributed by atoms with Gasteiger partial charge in [-0.05, 0) is 30.9 Å². The number of aliphatic hydroxyl groups is 1. The lowest BCUT2D eigenvalue weighted by Crippen LogP contribution is -2.37. The summed E-state index contributed by atoms with van der Waals surface area (Å²) in [5.41, 5.74) is 6.13. The molecular formula is C12H18N4O. The van der Waals surface area contributed by atoms with Gasteiger partial charge in [0.25, 0.3) is 0 Å². The van der Waals surface area contributed by atoms with Crippen LogP contribution in [0.2, 0.25) is 0 Å². The Morgan fingerprint density at radius 3 is 2.94 bits per heavy atom. The van der Waals surface area contributed by atoms with Gasteiger partial charge in [-0.15, -0.1) is 0 Å². The highest BCUT2D eigenvalue weighted by Gasteiger charge is 2.28. The first-order valence-electron chi connectivity index (χ1n) is 5.76. The summed E-state index contributed by atoms with van der Waals surface area (Å²) in [5, 5.41) is 16.6. The molecular weight excluding hydrogens is 216 g/mol. The van der Waals surface area contributed by atoms with Crippen LogP contribution < -0.4 is 10.6 Å². The first-order chi connectivity index (χ1) is 8.06. The molecule has 1 heterocycles. The molecule has 1 aromatic rings. The molecule has 0 spiro atoms. The van der Waals surface area contributed by atoms with Crippen molar-refractivity contribution in [2.24, 2.45) is 11.7 Å². The maximum absolute atomic E-state index is 9.24. The number of nitrogens with zero attached hydrogens (tertiary/aromatic N) is 2. The van der Waals surface area contributed by atoms with Crippen molar-refractivity contribution in [3.63, 3.8) is 0 Å². The summed E-state index contributed by atoms with van der Waals surface area (Å²) in [6.45, 7) is 0.880. The fraction of sp³-hybridized carbons (Fsp3) is 0.500. The molecule has 1 fully saturated rings. The number of nitrogen functional groups attached to an aromatic ring is 1. The van der Waals surface area contributed by atoms with E-state index >= 15 is 0 Å². The van der Waals surface area contributed by atoms with Crippen LogP contribution in [0, 0.1) is 11.3 Å². The fourth-order valence-corrected chi connectivity index (χ4v) is 2.13. The van der Waals surface area contributed by atoms with E-state index < -0.39 is 0 Å². The highest BCUT2D eigenvalue weighted by molar-refractivity contribution is 5.95.